The van der Waals surface area contributed by atoms with E-state index in [1.54, 1.807) is 0 Å². The highest BCUT2D eigenvalue weighted by atomic mass is 16.5. The molecule has 0 amide bonds. The summed E-state index contributed by atoms with van der Waals surface area (Å²) in [5.74, 6) is -0.657. The number of hydrogen-bond donors (Lipinski definition) is 0. The lowest BCUT2D eigenvalue weighted by molar-refractivity contribution is 0.0563. The largest absolute Gasteiger partial charge is 0.463 e. The van der Waals surface area contributed by atoms with Crippen LogP contribution < -0.4 is 0 Å². The molecule has 20 heavy (non-hydrogen) atoms. The van der Waals surface area contributed by atoms with Gasteiger partial charge in [0.2, 0.25) is 11.5 Å². The van der Waals surface area contributed by atoms with Gasteiger partial charge in [-0.2, -0.15) is 0 Å². The third-order valence-electron chi connectivity index (χ3n) is 3.12. The number of furan rings is 1. The normalized spacial score (nSPS) is 10.4. The molecule has 0 aliphatic heterocycles. The minimum absolute atomic E-state index is 0.0262. The Labute approximate surface area is 117 Å². The molecule has 0 bridgehead atoms. The van der Waals surface area contributed by atoms with Gasteiger partial charge in [-0.05, 0) is 44.0 Å². The van der Waals surface area contributed by atoms with Crippen molar-refractivity contribution in [2.45, 2.75) is 20.8 Å². The van der Waals surface area contributed by atoms with Gasteiger partial charge < -0.3 is 9.15 Å². The summed E-state index contributed by atoms with van der Waals surface area (Å²) < 4.78 is 9.82. The number of rotatable bonds is 3. The molecule has 0 saturated heterocycles. The van der Waals surface area contributed by atoms with E-state index in [1.807, 2.05) is 32.9 Å². The first-order valence-corrected chi connectivity index (χ1v) is 6.24. The molecule has 0 saturated carbocycles. The molecule has 2 aromatic rings. The summed E-state index contributed by atoms with van der Waals surface area (Å²) in [6, 6.07) is 6.83. The Morgan fingerprint density at radius 1 is 1.00 bits per heavy atom. The maximum atomic E-state index is 12.5. The average Bonchev–Trinajstić information content (AvgIpc) is 2.86. The van der Waals surface area contributed by atoms with Gasteiger partial charge in [0.05, 0.1) is 7.11 Å². The van der Waals surface area contributed by atoms with E-state index in [0.29, 0.717) is 5.56 Å². The van der Waals surface area contributed by atoms with Crippen LogP contribution in [0.3, 0.4) is 0 Å². The number of aryl methyl sites for hydroxylation is 3. The number of methoxy groups -OCH3 is 1. The molecule has 4 nitrogen and oxygen atoms in total. The maximum absolute atomic E-state index is 12.5. The Kier molecular flexibility index (Phi) is 3.74. The molecule has 0 aliphatic carbocycles. The fourth-order valence-corrected chi connectivity index (χ4v) is 2.33. The molecule has 4 heteroatoms. The summed E-state index contributed by atoms with van der Waals surface area (Å²) in [6.07, 6.45) is 0. The van der Waals surface area contributed by atoms with Gasteiger partial charge in [-0.15, -0.1) is 0 Å². The number of ether oxygens (including phenoxy) is 1. The number of esters is 1. The Bertz CT molecular complexity index is 657. The molecule has 0 radical (unpaired) electrons. The molecule has 1 aromatic carbocycles. The molecule has 0 N–H and O–H groups in total. The zero-order valence-electron chi connectivity index (χ0n) is 11.9. The Morgan fingerprint density at radius 3 is 2.10 bits per heavy atom. The zero-order chi connectivity index (χ0) is 14.9. The van der Waals surface area contributed by atoms with Gasteiger partial charge in [-0.25, -0.2) is 4.79 Å². The highest BCUT2D eigenvalue weighted by Gasteiger charge is 2.20. The molecule has 1 aromatic heterocycles. The van der Waals surface area contributed by atoms with Gasteiger partial charge in [-0.1, -0.05) is 17.7 Å². The lowest BCUT2D eigenvalue weighted by atomic mass is 9.96. The predicted molar refractivity (Wildman–Crippen MR) is 74.1 cm³/mol. The van der Waals surface area contributed by atoms with E-state index < -0.39 is 5.97 Å². The molecule has 104 valence electrons. The Balaban J connectivity index is 2.42. The molecule has 0 fully saturated rings. The third kappa shape index (κ3) is 2.50. The van der Waals surface area contributed by atoms with E-state index in [0.717, 1.165) is 16.7 Å². The van der Waals surface area contributed by atoms with E-state index in [1.165, 1.54) is 19.2 Å². The average molecular weight is 272 g/mol. The number of carbonyl (C=O) groups excluding carboxylic acids is 2. The quantitative estimate of drug-likeness (QED) is 0.636. The lowest BCUT2D eigenvalue weighted by Crippen LogP contribution is -2.06. The third-order valence-corrected chi connectivity index (χ3v) is 3.12. The van der Waals surface area contributed by atoms with Crippen molar-refractivity contribution in [2.24, 2.45) is 0 Å². The van der Waals surface area contributed by atoms with Crippen molar-refractivity contribution < 1.29 is 18.7 Å². The molecule has 0 aliphatic rings. The summed E-state index contributed by atoms with van der Waals surface area (Å²) in [7, 11) is 1.26. The first-order chi connectivity index (χ1) is 9.43. The van der Waals surface area contributed by atoms with E-state index in [9.17, 15) is 9.59 Å². The van der Waals surface area contributed by atoms with Gasteiger partial charge >= 0.3 is 5.97 Å². The monoisotopic (exact) mass is 272 g/mol. The number of hydrogen-bond acceptors (Lipinski definition) is 4. The number of ketones is 1. The standard InChI is InChI=1S/C16H16O4/c1-9-7-10(2)14(11(3)8-9)15(17)12-5-6-13(20-12)16(18)19-4/h5-8H,1-4H3. The van der Waals surface area contributed by atoms with Crippen molar-refractivity contribution in [2.75, 3.05) is 7.11 Å². The smallest absolute Gasteiger partial charge is 0.373 e. The highest BCUT2D eigenvalue weighted by molar-refractivity contribution is 6.09. The van der Waals surface area contributed by atoms with E-state index in [-0.39, 0.29) is 17.3 Å². The second kappa shape index (κ2) is 5.33. The van der Waals surface area contributed by atoms with Crippen LogP contribution in [-0.4, -0.2) is 18.9 Å². The second-order valence-electron chi connectivity index (χ2n) is 4.76. The van der Waals surface area contributed by atoms with Gasteiger partial charge in [0.1, 0.15) is 0 Å². The second-order valence-corrected chi connectivity index (χ2v) is 4.76. The fraction of sp³-hybridized carbons (Fsp3) is 0.250. The van der Waals surface area contributed by atoms with Crippen molar-refractivity contribution in [3.8, 4) is 0 Å². The van der Waals surface area contributed by atoms with Crippen LogP contribution in [0.1, 0.15) is 43.4 Å². The van der Waals surface area contributed by atoms with E-state index >= 15 is 0 Å². The van der Waals surface area contributed by atoms with Crippen LogP contribution >= 0.6 is 0 Å². The molecule has 0 spiro atoms. The van der Waals surface area contributed by atoms with E-state index in [4.69, 9.17) is 4.42 Å². The summed E-state index contributed by atoms with van der Waals surface area (Å²) in [6.45, 7) is 5.76. The SMILES string of the molecule is COC(=O)c1ccc(C(=O)c2c(C)cc(C)cc2C)o1. The minimum Gasteiger partial charge on any atom is -0.463 e. The summed E-state index contributed by atoms with van der Waals surface area (Å²) in [5, 5.41) is 0. The fourth-order valence-electron chi connectivity index (χ4n) is 2.33. The van der Waals surface area contributed by atoms with Crippen LogP contribution in [0.4, 0.5) is 0 Å². The molecule has 0 atom stereocenters. The predicted octanol–water partition coefficient (Wildman–Crippen LogP) is 3.22. The number of carbonyl (C=O) groups is 2. The van der Waals surface area contributed by atoms with Crippen molar-refractivity contribution in [1.82, 2.24) is 0 Å². The first kappa shape index (κ1) is 14.1. The van der Waals surface area contributed by atoms with Gasteiger partial charge in [0, 0.05) is 5.56 Å². The summed E-state index contributed by atoms with van der Waals surface area (Å²) >= 11 is 0. The molecule has 1 heterocycles. The van der Waals surface area contributed by atoms with Gasteiger partial charge in [0.25, 0.3) is 0 Å². The van der Waals surface area contributed by atoms with Crippen molar-refractivity contribution in [1.29, 1.82) is 0 Å². The van der Waals surface area contributed by atoms with Crippen molar-refractivity contribution >= 4 is 11.8 Å². The molecular formula is C16H16O4. The minimum atomic E-state index is -0.596. The lowest BCUT2D eigenvalue weighted by Gasteiger charge is -2.08. The topological polar surface area (TPSA) is 56.5 Å². The first-order valence-electron chi connectivity index (χ1n) is 6.24. The van der Waals surface area contributed by atoms with E-state index in [2.05, 4.69) is 4.74 Å². The maximum Gasteiger partial charge on any atom is 0.373 e. The molecular weight excluding hydrogens is 256 g/mol. The highest BCUT2D eigenvalue weighted by Crippen LogP contribution is 2.21. The summed E-state index contributed by atoms with van der Waals surface area (Å²) in [4.78, 5) is 23.8. The Morgan fingerprint density at radius 2 is 1.55 bits per heavy atom. The van der Waals surface area contributed by atoms with Crippen LogP contribution in [0, 0.1) is 20.8 Å². The molecule has 0 unspecified atom stereocenters. The van der Waals surface area contributed by atoms with Crippen LogP contribution in [0.25, 0.3) is 0 Å². The van der Waals surface area contributed by atoms with Crippen LogP contribution in [0.2, 0.25) is 0 Å². The van der Waals surface area contributed by atoms with Crippen molar-refractivity contribution in [3.63, 3.8) is 0 Å². The van der Waals surface area contributed by atoms with Crippen LogP contribution in [-0.2, 0) is 4.74 Å². The Hall–Kier alpha value is -2.36. The summed E-state index contributed by atoms with van der Waals surface area (Å²) in [5.41, 5.74) is 3.50. The molecule has 2 rings (SSSR count). The van der Waals surface area contributed by atoms with Crippen molar-refractivity contribution in [3.05, 3.63) is 58.0 Å². The number of benzene rings is 1. The van der Waals surface area contributed by atoms with Crippen LogP contribution in [0.5, 0.6) is 0 Å². The zero-order valence-corrected chi connectivity index (χ0v) is 11.9. The van der Waals surface area contributed by atoms with Gasteiger partial charge in [-0.3, -0.25) is 4.79 Å². The van der Waals surface area contributed by atoms with Crippen LogP contribution in [0.15, 0.2) is 28.7 Å². The van der Waals surface area contributed by atoms with Gasteiger partial charge in [0.15, 0.2) is 5.76 Å².